The zero-order valence-corrected chi connectivity index (χ0v) is 12.0. The van der Waals surface area contributed by atoms with Gasteiger partial charge in [-0.15, -0.1) is 0 Å². The van der Waals surface area contributed by atoms with Crippen molar-refractivity contribution < 1.29 is 4.74 Å². The van der Waals surface area contributed by atoms with E-state index in [1.165, 1.54) is 18.4 Å². The van der Waals surface area contributed by atoms with Crippen LogP contribution in [0, 0.1) is 0 Å². The van der Waals surface area contributed by atoms with Crippen molar-refractivity contribution in [2.75, 3.05) is 20.7 Å². The lowest BCUT2D eigenvalue weighted by molar-refractivity contribution is 0.215. The molecule has 0 aliphatic carbocycles. The Kier molecular flexibility index (Phi) is 6.16. The Morgan fingerprint density at radius 3 is 2.67 bits per heavy atom. The number of rotatable bonds is 7. The van der Waals surface area contributed by atoms with E-state index >= 15 is 0 Å². The van der Waals surface area contributed by atoms with E-state index in [2.05, 4.69) is 37.9 Å². The number of ether oxygens (including phenoxy) is 1. The van der Waals surface area contributed by atoms with Gasteiger partial charge in [-0.25, -0.2) is 0 Å². The first-order valence-electron chi connectivity index (χ1n) is 6.70. The Bertz CT molecular complexity index is 352. The minimum atomic E-state index is 0.0963. The third-order valence-corrected chi connectivity index (χ3v) is 3.27. The number of methoxy groups -OCH3 is 1. The lowest BCUT2D eigenvalue weighted by Crippen LogP contribution is -2.37. The molecule has 3 heteroatoms. The van der Waals surface area contributed by atoms with Crippen LogP contribution in [0.2, 0.25) is 0 Å². The molecule has 2 N–H and O–H groups in total. The van der Waals surface area contributed by atoms with Crippen LogP contribution in [-0.4, -0.2) is 31.6 Å². The average Bonchev–Trinajstić information content (AvgIpc) is 2.36. The summed E-state index contributed by atoms with van der Waals surface area (Å²) < 4.78 is 5.29. The number of nitrogens with two attached hydrogens (primary N) is 1. The maximum Gasteiger partial charge on any atom is 0.119 e. The molecule has 0 amide bonds. The average molecular weight is 250 g/mol. The fourth-order valence-corrected chi connectivity index (χ4v) is 2.33. The minimum Gasteiger partial charge on any atom is -0.497 e. The highest BCUT2D eigenvalue weighted by molar-refractivity contribution is 5.31. The molecular formula is C15H26N2O. The zero-order valence-electron chi connectivity index (χ0n) is 12.0. The molecule has 1 aromatic carbocycles. The van der Waals surface area contributed by atoms with E-state index in [1.54, 1.807) is 7.11 Å². The van der Waals surface area contributed by atoms with Crippen molar-refractivity contribution in [1.82, 2.24) is 4.90 Å². The Morgan fingerprint density at radius 1 is 1.39 bits per heavy atom. The van der Waals surface area contributed by atoms with Gasteiger partial charge >= 0.3 is 0 Å². The number of likely N-dealkylation sites (N-methyl/N-ethyl adjacent to an activating group) is 1. The largest absolute Gasteiger partial charge is 0.497 e. The molecule has 2 atom stereocenters. The molecule has 1 aromatic rings. The number of nitrogens with zero attached hydrogens (tertiary/aromatic N) is 1. The zero-order chi connectivity index (χ0) is 13.5. The fraction of sp³-hybridized carbons (Fsp3) is 0.600. The summed E-state index contributed by atoms with van der Waals surface area (Å²) in [7, 11) is 3.84. The van der Waals surface area contributed by atoms with E-state index in [4.69, 9.17) is 10.5 Å². The number of benzene rings is 1. The third-order valence-electron chi connectivity index (χ3n) is 3.27. The van der Waals surface area contributed by atoms with E-state index in [0.717, 1.165) is 12.3 Å². The molecule has 1 rings (SSSR count). The maximum atomic E-state index is 6.15. The Balaban J connectivity index is 2.89. The summed E-state index contributed by atoms with van der Waals surface area (Å²) in [6, 6.07) is 8.53. The molecule has 0 aromatic heterocycles. The summed E-state index contributed by atoms with van der Waals surface area (Å²) >= 11 is 0. The van der Waals surface area contributed by atoms with Crippen molar-refractivity contribution in [1.29, 1.82) is 0 Å². The SMILES string of the molecule is CCCCN(C)C(c1cccc(OC)c1)C(C)N. The quantitative estimate of drug-likeness (QED) is 0.808. The lowest BCUT2D eigenvalue weighted by atomic mass is 9.99. The smallest absolute Gasteiger partial charge is 0.119 e. The van der Waals surface area contributed by atoms with E-state index < -0.39 is 0 Å². The topological polar surface area (TPSA) is 38.5 Å². The van der Waals surface area contributed by atoms with Crippen molar-refractivity contribution in [3.05, 3.63) is 29.8 Å². The Hall–Kier alpha value is -1.06. The fourth-order valence-electron chi connectivity index (χ4n) is 2.33. The van der Waals surface area contributed by atoms with E-state index in [-0.39, 0.29) is 12.1 Å². The van der Waals surface area contributed by atoms with Crippen molar-refractivity contribution in [3.8, 4) is 5.75 Å². The van der Waals surface area contributed by atoms with Crippen LogP contribution in [0.25, 0.3) is 0 Å². The first kappa shape index (κ1) is 15.0. The summed E-state index contributed by atoms with van der Waals surface area (Å²) in [5.41, 5.74) is 7.38. The van der Waals surface area contributed by atoms with Gasteiger partial charge in [0.2, 0.25) is 0 Å². The van der Waals surface area contributed by atoms with Gasteiger partial charge in [0, 0.05) is 12.1 Å². The second-order valence-electron chi connectivity index (χ2n) is 4.91. The normalized spacial score (nSPS) is 14.6. The monoisotopic (exact) mass is 250 g/mol. The van der Waals surface area contributed by atoms with E-state index in [9.17, 15) is 0 Å². The molecule has 0 aliphatic heterocycles. The van der Waals surface area contributed by atoms with Crippen molar-refractivity contribution in [2.24, 2.45) is 5.73 Å². The van der Waals surface area contributed by atoms with Gasteiger partial charge in [-0.1, -0.05) is 25.5 Å². The lowest BCUT2D eigenvalue weighted by Gasteiger charge is -2.31. The van der Waals surface area contributed by atoms with Crippen LogP contribution in [0.1, 0.15) is 38.3 Å². The standard InChI is InChI=1S/C15H26N2O/c1-5-6-10-17(3)15(12(2)16)13-8-7-9-14(11-13)18-4/h7-9,11-12,15H,5-6,10,16H2,1-4H3. The summed E-state index contributed by atoms with van der Waals surface area (Å²) in [6.45, 7) is 5.34. The number of hydrogen-bond acceptors (Lipinski definition) is 3. The minimum absolute atomic E-state index is 0.0963. The van der Waals surface area contributed by atoms with Crippen molar-refractivity contribution >= 4 is 0 Å². The molecule has 2 unspecified atom stereocenters. The molecule has 3 nitrogen and oxygen atoms in total. The molecule has 0 heterocycles. The molecule has 0 fully saturated rings. The highest BCUT2D eigenvalue weighted by atomic mass is 16.5. The first-order chi connectivity index (χ1) is 8.60. The number of unbranched alkanes of at least 4 members (excludes halogenated alkanes) is 1. The van der Waals surface area contributed by atoms with Gasteiger partial charge in [-0.05, 0) is 44.6 Å². The summed E-state index contributed by atoms with van der Waals surface area (Å²) in [4.78, 5) is 2.34. The van der Waals surface area contributed by atoms with Crippen LogP contribution in [0.15, 0.2) is 24.3 Å². The van der Waals surface area contributed by atoms with Crippen LogP contribution in [0.5, 0.6) is 5.75 Å². The van der Waals surface area contributed by atoms with Crippen LogP contribution >= 0.6 is 0 Å². The van der Waals surface area contributed by atoms with Gasteiger partial charge in [0.25, 0.3) is 0 Å². The van der Waals surface area contributed by atoms with Crippen LogP contribution in [-0.2, 0) is 0 Å². The van der Waals surface area contributed by atoms with Gasteiger partial charge in [0.05, 0.1) is 7.11 Å². The molecule has 0 saturated heterocycles. The van der Waals surface area contributed by atoms with Gasteiger partial charge in [0.15, 0.2) is 0 Å². The molecular weight excluding hydrogens is 224 g/mol. The summed E-state index contributed by atoms with van der Waals surface area (Å²) in [5.74, 6) is 0.891. The second kappa shape index (κ2) is 7.39. The van der Waals surface area contributed by atoms with E-state index in [0.29, 0.717) is 0 Å². The van der Waals surface area contributed by atoms with Crippen molar-refractivity contribution in [3.63, 3.8) is 0 Å². The van der Waals surface area contributed by atoms with Crippen LogP contribution < -0.4 is 10.5 Å². The number of hydrogen-bond donors (Lipinski definition) is 1. The molecule has 0 spiro atoms. The predicted octanol–water partition coefficient (Wildman–Crippen LogP) is 2.82. The third kappa shape index (κ3) is 4.00. The summed E-state index contributed by atoms with van der Waals surface area (Å²) in [6.07, 6.45) is 2.40. The van der Waals surface area contributed by atoms with E-state index in [1.807, 2.05) is 12.1 Å². The van der Waals surface area contributed by atoms with Crippen LogP contribution in [0.4, 0.5) is 0 Å². The molecule has 102 valence electrons. The van der Waals surface area contributed by atoms with Gasteiger partial charge < -0.3 is 10.5 Å². The Morgan fingerprint density at radius 2 is 2.11 bits per heavy atom. The molecule has 0 bridgehead atoms. The van der Waals surface area contributed by atoms with Gasteiger partial charge in [-0.2, -0.15) is 0 Å². The Labute approximate surface area is 111 Å². The van der Waals surface area contributed by atoms with Gasteiger partial charge in [0.1, 0.15) is 5.75 Å². The highest BCUT2D eigenvalue weighted by Crippen LogP contribution is 2.25. The highest BCUT2D eigenvalue weighted by Gasteiger charge is 2.21. The maximum absolute atomic E-state index is 6.15. The van der Waals surface area contributed by atoms with Crippen molar-refractivity contribution in [2.45, 2.75) is 38.8 Å². The predicted molar refractivity (Wildman–Crippen MR) is 76.9 cm³/mol. The molecule has 0 aliphatic rings. The summed E-state index contributed by atoms with van der Waals surface area (Å²) in [5, 5.41) is 0. The molecule has 0 radical (unpaired) electrons. The molecule has 0 saturated carbocycles. The first-order valence-corrected chi connectivity index (χ1v) is 6.70. The van der Waals surface area contributed by atoms with Gasteiger partial charge in [-0.3, -0.25) is 4.90 Å². The molecule has 18 heavy (non-hydrogen) atoms. The van der Waals surface area contributed by atoms with Crippen LogP contribution in [0.3, 0.4) is 0 Å². The second-order valence-corrected chi connectivity index (χ2v) is 4.91.